The van der Waals surface area contributed by atoms with Crippen molar-refractivity contribution in [3.63, 3.8) is 0 Å². The monoisotopic (exact) mass is 175 g/mol. The van der Waals surface area contributed by atoms with Gasteiger partial charge in [0.1, 0.15) is 0 Å². The molecule has 0 bridgehead atoms. The van der Waals surface area contributed by atoms with Gasteiger partial charge in [0, 0.05) is 4.87 Å². The summed E-state index contributed by atoms with van der Waals surface area (Å²) < 4.78 is 0. The molecule has 0 saturated heterocycles. The van der Waals surface area contributed by atoms with Gasteiger partial charge in [-0.25, -0.2) is 0 Å². The first kappa shape index (κ1) is 8.98. The zero-order valence-corrected chi connectivity index (χ0v) is 7.44. The minimum Gasteiger partial charge on any atom is -0.151 e. The Hall–Kier alpha value is -0.110. The van der Waals surface area contributed by atoms with Crippen LogP contribution in [0.5, 0.6) is 0 Å². The molecule has 0 atom stereocenters. The zero-order valence-electron chi connectivity index (χ0n) is 6.68. The first-order chi connectivity index (χ1) is 5.27. The van der Waals surface area contributed by atoms with Gasteiger partial charge in [-0.3, -0.25) is 0 Å². The van der Waals surface area contributed by atoms with Crippen LogP contribution < -0.4 is 0 Å². The van der Waals surface area contributed by atoms with Crippen LogP contribution in [0.25, 0.3) is 0 Å². The lowest BCUT2D eigenvalue weighted by atomic mass is 9.86. The molecule has 1 saturated carbocycles. The van der Waals surface area contributed by atoms with Gasteiger partial charge in [-0.05, 0) is 19.3 Å². The molecule has 3 heteroatoms. The van der Waals surface area contributed by atoms with Crippen LogP contribution in [0.15, 0.2) is 5.18 Å². The maximum atomic E-state index is 9.88. The Bertz CT molecular complexity index is 132. The Balaban J connectivity index is 2.30. The highest BCUT2D eigenvalue weighted by molar-refractivity contribution is 6.23. The smallest absolute Gasteiger partial charge is 0.0827 e. The van der Waals surface area contributed by atoms with E-state index in [1.807, 2.05) is 0 Å². The zero-order chi connectivity index (χ0) is 8.16. The number of alkyl halides is 1. The van der Waals surface area contributed by atoms with Crippen molar-refractivity contribution < 1.29 is 0 Å². The summed E-state index contributed by atoms with van der Waals surface area (Å²) in [7, 11) is 0. The quantitative estimate of drug-likeness (QED) is 0.479. The van der Waals surface area contributed by atoms with Gasteiger partial charge in [-0.15, -0.1) is 11.6 Å². The largest absolute Gasteiger partial charge is 0.151 e. The summed E-state index contributed by atoms with van der Waals surface area (Å²) in [5.41, 5.74) is 0. The van der Waals surface area contributed by atoms with Crippen molar-refractivity contribution in [3.8, 4) is 0 Å². The summed E-state index contributed by atoms with van der Waals surface area (Å²) in [5, 5.41) is 2.84. The number of hydrogen-bond donors (Lipinski definition) is 0. The molecular formula is C8H14ClNO. The second kappa shape index (κ2) is 4.05. The number of rotatable bonds is 3. The normalized spacial score (nSPS) is 23.0. The fourth-order valence-corrected chi connectivity index (χ4v) is 2.03. The van der Waals surface area contributed by atoms with Gasteiger partial charge >= 0.3 is 0 Å². The first-order valence-corrected chi connectivity index (χ1v) is 4.63. The Morgan fingerprint density at radius 3 is 2.45 bits per heavy atom. The van der Waals surface area contributed by atoms with Crippen molar-refractivity contribution in [1.29, 1.82) is 0 Å². The van der Waals surface area contributed by atoms with Gasteiger partial charge in [0.05, 0.1) is 6.54 Å². The second-order valence-electron chi connectivity index (χ2n) is 3.31. The maximum absolute atomic E-state index is 9.88. The molecule has 0 spiro atoms. The van der Waals surface area contributed by atoms with Crippen molar-refractivity contribution in [2.45, 2.75) is 43.4 Å². The summed E-state index contributed by atoms with van der Waals surface area (Å²) in [6, 6.07) is 0. The van der Waals surface area contributed by atoms with Crippen LogP contribution in [0.1, 0.15) is 38.5 Å². The third-order valence-electron chi connectivity index (χ3n) is 2.40. The Morgan fingerprint density at radius 1 is 1.27 bits per heavy atom. The van der Waals surface area contributed by atoms with E-state index in [4.69, 9.17) is 11.6 Å². The Morgan fingerprint density at radius 2 is 1.91 bits per heavy atom. The average Bonchev–Trinajstić information content (AvgIpc) is 2.03. The minimum absolute atomic E-state index is 0.0911. The number of nitroso groups, excluding NO2 is 1. The maximum Gasteiger partial charge on any atom is 0.0827 e. The van der Waals surface area contributed by atoms with Gasteiger partial charge in [-0.2, -0.15) is 4.91 Å². The summed E-state index contributed by atoms with van der Waals surface area (Å²) in [6.45, 7) is 0.378. The van der Waals surface area contributed by atoms with Crippen LogP contribution in [-0.2, 0) is 0 Å². The Kier molecular flexibility index (Phi) is 3.31. The molecule has 1 rings (SSSR count). The first-order valence-electron chi connectivity index (χ1n) is 4.25. The second-order valence-corrected chi connectivity index (χ2v) is 4.12. The van der Waals surface area contributed by atoms with E-state index in [1.165, 1.54) is 19.3 Å². The molecule has 1 fully saturated rings. The van der Waals surface area contributed by atoms with Gasteiger partial charge in [-0.1, -0.05) is 24.4 Å². The van der Waals surface area contributed by atoms with E-state index in [9.17, 15) is 4.91 Å². The van der Waals surface area contributed by atoms with E-state index in [1.54, 1.807) is 0 Å². The van der Waals surface area contributed by atoms with Crippen LogP contribution in [-0.4, -0.2) is 11.4 Å². The lowest BCUT2D eigenvalue weighted by molar-refractivity contribution is 0.373. The molecule has 0 amide bonds. The van der Waals surface area contributed by atoms with Gasteiger partial charge in [0.15, 0.2) is 0 Å². The predicted octanol–water partition coefficient (Wildman–Crippen LogP) is 3.08. The summed E-state index contributed by atoms with van der Waals surface area (Å²) >= 11 is 6.25. The molecule has 0 aliphatic heterocycles. The highest BCUT2D eigenvalue weighted by atomic mass is 35.5. The molecule has 1 aliphatic rings. The molecule has 2 nitrogen and oxygen atoms in total. The predicted molar refractivity (Wildman–Crippen MR) is 46.9 cm³/mol. The van der Waals surface area contributed by atoms with Crippen molar-refractivity contribution in [1.82, 2.24) is 0 Å². The lowest BCUT2D eigenvalue weighted by Gasteiger charge is -2.29. The van der Waals surface area contributed by atoms with E-state index in [2.05, 4.69) is 5.18 Å². The molecule has 0 aromatic carbocycles. The van der Waals surface area contributed by atoms with E-state index >= 15 is 0 Å². The third kappa shape index (κ3) is 2.78. The van der Waals surface area contributed by atoms with Crippen LogP contribution in [0.2, 0.25) is 0 Å². The summed E-state index contributed by atoms with van der Waals surface area (Å²) in [6.07, 6.45) is 6.60. The molecule has 64 valence electrons. The summed E-state index contributed by atoms with van der Waals surface area (Å²) in [4.78, 5) is 9.79. The molecule has 0 unspecified atom stereocenters. The van der Waals surface area contributed by atoms with Crippen molar-refractivity contribution >= 4 is 11.6 Å². The van der Waals surface area contributed by atoms with Crippen molar-refractivity contribution in [3.05, 3.63) is 4.91 Å². The topological polar surface area (TPSA) is 29.4 Å². The lowest BCUT2D eigenvalue weighted by Crippen LogP contribution is -2.25. The van der Waals surface area contributed by atoms with Crippen molar-refractivity contribution in [2.24, 2.45) is 5.18 Å². The molecule has 11 heavy (non-hydrogen) atoms. The fourth-order valence-electron chi connectivity index (χ4n) is 1.68. The molecule has 0 heterocycles. The standard InChI is InChI=1S/C8H14ClNO/c9-8(6-7-10-11)4-2-1-3-5-8/h1-7H2. The number of nitrogens with zero attached hydrogens (tertiary/aromatic N) is 1. The minimum atomic E-state index is -0.0911. The molecular weight excluding hydrogens is 162 g/mol. The average molecular weight is 176 g/mol. The van der Waals surface area contributed by atoms with Gasteiger partial charge < -0.3 is 0 Å². The SMILES string of the molecule is O=NCCC1(Cl)CCCCC1. The van der Waals surface area contributed by atoms with Gasteiger partial charge in [0.25, 0.3) is 0 Å². The number of halogens is 1. The Labute approximate surface area is 72.3 Å². The van der Waals surface area contributed by atoms with E-state index in [-0.39, 0.29) is 4.87 Å². The van der Waals surface area contributed by atoms with E-state index in [0.717, 1.165) is 19.3 Å². The number of hydrogen-bond acceptors (Lipinski definition) is 2. The third-order valence-corrected chi connectivity index (χ3v) is 2.97. The molecule has 1 aliphatic carbocycles. The fraction of sp³-hybridized carbons (Fsp3) is 1.00. The summed E-state index contributed by atoms with van der Waals surface area (Å²) in [5.74, 6) is 0. The highest BCUT2D eigenvalue weighted by Gasteiger charge is 2.28. The van der Waals surface area contributed by atoms with E-state index < -0.39 is 0 Å². The highest BCUT2D eigenvalue weighted by Crippen LogP contribution is 2.36. The van der Waals surface area contributed by atoms with E-state index in [0.29, 0.717) is 6.54 Å². The van der Waals surface area contributed by atoms with Crippen LogP contribution >= 0.6 is 11.6 Å². The molecule has 0 aromatic heterocycles. The molecule has 0 radical (unpaired) electrons. The molecule has 0 aromatic rings. The van der Waals surface area contributed by atoms with Gasteiger partial charge in [0.2, 0.25) is 0 Å². The molecule has 0 N–H and O–H groups in total. The van der Waals surface area contributed by atoms with Crippen LogP contribution in [0, 0.1) is 4.91 Å². The van der Waals surface area contributed by atoms with Crippen molar-refractivity contribution in [2.75, 3.05) is 6.54 Å². The van der Waals surface area contributed by atoms with Crippen LogP contribution in [0.4, 0.5) is 0 Å². The van der Waals surface area contributed by atoms with Crippen LogP contribution in [0.3, 0.4) is 0 Å².